The second-order valence-corrected chi connectivity index (χ2v) is 7.20. The van der Waals surface area contributed by atoms with Gasteiger partial charge in [0.2, 0.25) is 0 Å². The highest BCUT2D eigenvalue weighted by molar-refractivity contribution is 5.44. The maximum absolute atomic E-state index is 5.40. The molecule has 0 saturated heterocycles. The Balaban J connectivity index is 1.55. The van der Waals surface area contributed by atoms with Gasteiger partial charge < -0.3 is 18.9 Å². The standard InChI is InChI=1S/C26H30O4/c1-27-23-15-13-21(17-25(23)29-3)11-9-19-5-7-20(8-6-19)10-12-22-14-16-24(28-2)26(18-22)30-4/h5-8,13-18H,9-12H2,1-4H3. The van der Waals surface area contributed by atoms with Crippen molar-refractivity contribution < 1.29 is 18.9 Å². The molecule has 0 fully saturated rings. The van der Waals surface area contributed by atoms with Crippen molar-refractivity contribution in [3.05, 3.63) is 82.9 Å². The topological polar surface area (TPSA) is 36.9 Å². The third-order valence-corrected chi connectivity index (χ3v) is 5.32. The molecule has 4 nitrogen and oxygen atoms in total. The van der Waals surface area contributed by atoms with Crippen LogP contribution in [0, 0.1) is 0 Å². The molecule has 0 N–H and O–H groups in total. The van der Waals surface area contributed by atoms with Crippen LogP contribution in [0.3, 0.4) is 0 Å². The fourth-order valence-corrected chi connectivity index (χ4v) is 3.52. The minimum atomic E-state index is 0.764. The molecule has 0 aliphatic heterocycles. The first-order valence-corrected chi connectivity index (χ1v) is 10.2. The molecule has 0 aliphatic carbocycles. The summed E-state index contributed by atoms with van der Waals surface area (Å²) in [6, 6.07) is 21.1. The average Bonchev–Trinajstić information content (AvgIpc) is 2.81. The van der Waals surface area contributed by atoms with Crippen LogP contribution in [0.15, 0.2) is 60.7 Å². The molecular formula is C26H30O4. The first kappa shape index (κ1) is 21.6. The summed E-state index contributed by atoms with van der Waals surface area (Å²) < 4.78 is 21.4. The van der Waals surface area contributed by atoms with Gasteiger partial charge in [-0.3, -0.25) is 0 Å². The molecule has 0 unspecified atom stereocenters. The normalized spacial score (nSPS) is 10.5. The summed E-state index contributed by atoms with van der Waals surface area (Å²) in [5, 5.41) is 0. The van der Waals surface area contributed by atoms with Crippen LogP contribution in [-0.4, -0.2) is 28.4 Å². The van der Waals surface area contributed by atoms with E-state index in [1.807, 2.05) is 12.1 Å². The molecule has 0 amide bonds. The minimum absolute atomic E-state index is 0.764. The summed E-state index contributed by atoms with van der Waals surface area (Å²) in [5.41, 5.74) is 5.15. The van der Waals surface area contributed by atoms with Crippen LogP contribution in [0.5, 0.6) is 23.0 Å². The Morgan fingerprint density at radius 2 is 0.700 bits per heavy atom. The van der Waals surface area contributed by atoms with Crippen LogP contribution >= 0.6 is 0 Å². The van der Waals surface area contributed by atoms with Crippen molar-refractivity contribution in [3.8, 4) is 23.0 Å². The molecule has 0 aliphatic rings. The van der Waals surface area contributed by atoms with Crippen LogP contribution in [-0.2, 0) is 25.7 Å². The summed E-state index contributed by atoms with van der Waals surface area (Å²) in [6.45, 7) is 0. The highest BCUT2D eigenvalue weighted by Gasteiger charge is 2.06. The van der Waals surface area contributed by atoms with Crippen molar-refractivity contribution >= 4 is 0 Å². The quantitative estimate of drug-likeness (QED) is 0.458. The number of aryl methyl sites for hydroxylation is 4. The number of hydrogen-bond donors (Lipinski definition) is 0. The fourth-order valence-electron chi connectivity index (χ4n) is 3.52. The smallest absolute Gasteiger partial charge is 0.160 e. The third kappa shape index (κ3) is 5.47. The maximum Gasteiger partial charge on any atom is 0.160 e. The molecule has 3 aromatic rings. The van der Waals surface area contributed by atoms with Gasteiger partial charge in [-0.15, -0.1) is 0 Å². The van der Waals surface area contributed by atoms with Gasteiger partial charge in [0.1, 0.15) is 0 Å². The lowest BCUT2D eigenvalue weighted by molar-refractivity contribution is 0.354. The van der Waals surface area contributed by atoms with E-state index in [-0.39, 0.29) is 0 Å². The SMILES string of the molecule is COc1ccc(CCc2ccc(CCc3ccc(OC)c(OC)c3)cc2)cc1OC. The molecule has 3 rings (SSSR count). The van der Waals surface area contributed by atoms with E-state index in [0.717, 1.165) is 48.7 Å². The highest BCUT2D eigenvalue weighted by atomic mass is 16.5. The molecule has 0 spiro atoms. The molecule has 30 heavy (non-hydrogen) atoms. The van der Waals surface area contributed by atoms with Crippen LogP contribution in [0.25, 0.3) is 0 Å². The van der Waals surface area contributed by atoms with Crippen molar-refractivity contribution in [1.29, 1.82) is 0 Å². The van der Waals surface area contributed by atoms with Crippen molar-refractivity contribution in [1.82, 2.24) is 0 Å². The van der Waals surface area contributed by atoms with Crippen molar-refractivity contribution in [2.75, 3.05) is 28.4 Å². The molecule has 0 heterocycles. The summed E-state index contributed by atoms with van der Waals surface area (Å²) in [7, 11) is 6.65. The summed E-state index contributed by atoms with van der Waals surface area (Å²) in [4.78, 5) is 0. The summed E-state index contributed by atoms with van der Waals surface area (Å²) in [5.74, 6) is 3.08. The summed E-state index contributed by atoms with van der Waals surface area (Å²) in [6.07, 6.45) is 3.91. The number of ether oxygens (including phenoxy) is 4. The Morgan fingerprint density at radius 3 is 1.03 bits per heavy atom. The molecule has 0 atom stereocenters. The zero-order valence-electron chi connectivity index (χ0n) is 18.2. The lowest BCUT2D eigenvalue weighted by Crippen LogP contribution is -1.97. The van der Waals surface area contributed by atoms with Gasteiger partial charge in [-0.25, -0.2) is 0 Å². The first-order chi connectivity index (χ1) is 14.7. The molecule has 3 aromatic carbocycles. The van der Waals surface area contributed by atoms with Crippen molar-refractivity contribution in [2.45, 2.75) is 25.7 Å². The summed E-state index contributed by atoms with van der Waals surface area (Å²) >= 11 is 0. The second-order valence-electron chi connectivity index (χ2n) is 7.20. The van der Waals surface area contributed by atoms with Crippen molar-refractivity contribution in [3.63, 3.8) is 0 Å². The van der Waals surface area contributed by atoms with E-state index in [1.54, 1.807) is 28.4 Å². The Bertz CT molecular complexity index is 869. The van der Waals surface area contributed by atoms with E-state index in [4.69, 9.17) is 18.9 Å². The number of methoxy groups -OCH3 is 4. The van der Waals surface area contributed by atoms with Crippen LogP contribution < -0.4 is 18.9 Å². The molecule has 0 aromatic heterocycles. The monoisotopic (exact) mass is 406 g/mol. The third-order valence-electron chi connectivity index (χ3n) is 5.32. The minimum Gasteiger partial charge on any atom is -0.493 e. The molecule has 0 saturated carbocycles. The van der Waals surface area contributed by atoms with E-state index < -0.39 is 0 Å². The predicted molar refractivity (Wildman–Crippen MR) is 120 cm³/mol. The molecule has 4 heteroatoms. The van der Waals surface area contributed by atoms with Gasteiger partial charge in [-0.2, -0.15) is 0 Å². The largest absolute Gasteiger partial charge is 0.493 e. The van der Waals surface area contributed by atoms with Gasteiger partial charge in [0, 0.05) is 0 Å². The van der Waals surface area contributed by atoms with E-state index in [2.05, 4.69) is 48.5 Å². The van der Waals surface area contributed by atoms with E-state index in [1.165, 1.54) is 22.3 Å². The number of hydrogen-bond acceptors (Lipinski definition) is 4. The van der Waals surface area contributed by atoms with Crippen LogP contribution in [0.4, 0.5) is 0 Å². The molecule has 158 valence electrons. The van der Waals surface area contributed by atoms with E-state index in [0.29, 0.717) is 0 Å². The molecule has 0 bridgehead atoms. The lowest BCUT2D eigenvalue weighted by Gasteiger charge is -2.10. The maximum atomic E-state index is 5.40. The number of benzene rings is 3. The van der Waals surface area contributed by atoms with Crippen LogP contribution in [0.1, 0.15) is 22.3 Å². The zero-order valence-corrected chi connectivity index (χ0v) is 18.2. The zero-order chi connectivity index (χ0) is 21.3. The second kappa shape index (κ2) is 10.6. The Labute approximate surface area is 179 Å². The molecule has 0 radical (unpaired) electrons. The van der Waals surface area contributed by atoms with Gasteiger partial charge >= 0.3 is 0 Å². The van der Waals surface area contributed by atoms with Crippen molar-refractivity contribution in [2.24, 2.45) is 0 Å². The Kier molecular flexibility index (Phi) is 7.61. The predicted octanol–water partition coefficient (Wildman–Crippen LogP) is 5.29. The van der Waals surface area contributed by atoms with Crippen LogP contribution in [0.2, 0.25) is 0 Å². The Morgan fingerprint density at radius 1 is 0.400 bits per heavy atom. The van der Waals surface area contributed by atoms with Gasteiger partial charge in [-0.05, 0) is 72.2 Å². The van der Waals surface area contributed by atoms with Gasteiger partial charge in [-0.1, -0.05) is 36.4 Å². The average molecular weight is 407 g/mol. The molecular weight excluding hydrogens is 376 g/mol. The van der Waals surface area contributed by atoms with E-state index >= 15 is 0 Å². The lowest BCUT2D eigenvalue weighted by atomic mass is 10.00. The Hall–Kier alpha value is -3.14. The highest BCUT2D eigenvalue weighted by Crippen LogP contribution is 2.29. The van der Waals surface area contributed by atoms with Gasteiger partial charge in [0.15, 0.2) is 23.0 Å². The fraction of sp³-hybridized carbons (Fsp3) is 0.308. The first-order valence-electron chi connectivity index (χ1n) is 10.2. The van der Waals surface area contributed by atoms with E-state index in [9.17, 15) is 0 Å². The van der Waals surface area contributed by atoms with Gasteiger partial charge in [0.05, 0.1) is 28.4 Å². The number of rotatable bonds is 10. The van der Waals surface area contributed by atoms with Gasteiger partial charge in [0.25, 0.3) is 0 Å².